The molecule has 3 aromatic carbocycles. The van der Waals surface area contributed by atoms with Gasteiger partial charge in [-0.25, -0.2) is 0 Å². The predicted octanol–water partition coefficient (Wildman–Crippen LogP) is 6.61. The summed E-state index contributed by atoms with van der Waals surface area (Å²) in [4.78, 5) is 13.3. The molecule has 0 aliphatic rings. The summed E-state index contributed by atoms with van der Waals surface area (Å²) >= 11 is 7.82. The number of rotatable bonds is 5. The molecule has 6 heteroatoms. The summed E-state index contributed by atoms with van der Waals surface area (Å²) in [6.45, 7) is 0. The van der Waals surface area contributed by atoms with E-state index in [1.807, 2.05) is 60.7 Å². The third-order valence-corrected chi connectivity index (χ3v) is 5.82. The van der Waals surface area contributed by atoms with Gasteiger partial charge in [-0.15, -0.1) is 11.3 Å². The van der Waals surface area contributed by atoms with Gasteiger partial charge in [-0.2, -0.15) is 0 Å². The van der Waals surface area contributed by atoms with Gasteiger partial charge in [0.1, 0.15) is 16.4 Å². The van der Waals surface area contributed by atoms with Crippen LogP contribution in [0.25, 0.3) is 10.1 Å². The van der Waals surface area contributed by atoms with Crippen molar-refractivity contribution in [3.05, 3.63) is 82.7 Å². The van der Waals surface area contributed by atoms with E-state index >= 15 is 0 Å². The van der Waals surface area contributed by atoms with Gasteiger partial charge in [-0.1, -0.05) is 41.9 Å². The first-order chi connectivity index (χ1) is 13.7. The minimum absolute atomic E-state index is 0.283. The zero-order chi connectivity index (χ0) is 19.5. The zero-order valence-corrected chi connectivity index (χ0v) is 16.5. The molecule has 0 bridgehead atoms. The largest absolute Gasteiger partial charge is 0.497 e. The maximum atomic E-state index is 12.9. The van der Waals surface area contributed by atoms with Gasteiger partial charge < -0.3 is 14.8 Å². The Kier molecular flexibility index (Phi) is 5.19. The monoisotopic (exact) mass is 409 g/mol. The first-order valence-corrected chi connectivity index (χ1v) is 9.74. The van der Waals surface area contributed by atoms with E-state index in [4.69, 9.17) is 21.1 Å². The Bertz CT molecular complexity index is 1140. The van der Waals surface area contributed by atoms with Crippen LogP contribution in [-0.2, 0) is 0 Å². The number of hydrogen-bond acceptors (Lipinski definition) is 4. The molecular formula is C22H16ClNO3S. The highest BCUT2D eigenvalue weighted by molar-refractivity contribution is 7.21. The molecule has 1 aromatic heterocycles. The van der Waals surface area contributed by atoms with Crippen LogP contribution in [0, 0.1) is 0 Å². The van der Waals surface area contributed by atoms with E-state index in [-0.39, 0.29) is 5.91 Å². The maximum absolute atomic E-state index is 12.9. The van der Waals surface area contributed by atoms with Crippen molar-refractivity contribution in [1.29, 1.82) is 0 Å². The van der Waals surface area contributed by atoms with Crippen LogP contribution in [-0.4, -0.2) is 13.0 Å². The van der Waals surface area contributed by atoms with Crippen molar-refractivity contribution in [2.75, 3.05) is 12.4 Å². The molecule has 0 aliphatic heterocycles. The molecule has 0 saturated carbocycles. The van der Waals surface area contributed by atoms with E-state index < -0.39 is 0 Å². The van der Waals surface area contributed by atoms with Crippen LogP contribution >= 0.6 is 22.9 Å². The number of hydrogen-bond donors (Lipinski definition) is 1. The molecule has 1 N–H and O–H groups in total. The summed E-state index contributed by atoms with van der Waals surface area (Å²) in [5.41, 5.74) is 0.572. The molecule has 4 nitrogen and oxygen atoms in total. The molecule has 28 heavy (non-hydrogen) atoms. The third kappa shape index (κ3) is 3.67. The Hall–Kier alpha value is -3.02. The van der Waals surface area contributed by atoms with Crippen molar-refractivity contribution in [2.24, 2.45) is 0 Å². The molecule has 0 radical (unpaired) electrons. The fourth-order valence-electron chi connectivity index (χ4n) is 2.77. The zero-order valence-electron chi connectivity index (χ0n) is 14.9. The second kappa shape index (κ2) is 7.92. The highest BCUT2D eigenvalue weighted by Crippen LogP contribution is 2.38. The molecule has 1 heterocycles. The third-order valence-electron chi connectivity index (χ3n) is 4.15. The average molecular weight is 410 g/mol. The number of ether oxygens (including phenoxy) is 2. The summed E-state index contributed by atoms with van der Waals surface area (Å²) in [6.07, 6.45) is 0. The molecule has 0 atom stereocenters. The van der Waals surface area contributed by atoms with Gasteiger partial charge in [0, 0.05) is 10.1 Å². The number of para-hydroxylation sites is 3. The van der Waals surface area contributed by atoms with E-state index in [9.17, 15) is 4.79 Å². The van der Waals surface area contributed by atoms with Crippen LogP contribution in [0.2, 0.25) is 5.02 Å². The summed E-state index contributed by atoms with van der Waals surface area (Å²) in [7, 11) is 1.60. The number of thiophene rings is 1. The fourth-order valence-corrected chi connectivity index (χ4v) is 4.16. The van der Waals surface area contributed by atoms with Gasteiger partial charge in [-0.3, -0.25) is 4.79 Å². The molecular weight excluding hydrogens is 394 g/mol. The summed E-state index contributed by atoms with van der Waals surface area (Å²) in [5, 5.41) is 4.12. The predicted molar refractivity (Wildman–Crippen MR) is 114 cm³/mol. The molecule has 0 saturated heterocycles. The summed E-state index contributed by atoms with van der Waals surface area (Å²) in [5.74, 6) is 1.66. The normalized spacial score (nSPS) is 10.6. The van der Waals surface area contributed by atoms with Gasteiger partial charge in [0.15, 0.2) is 5.75 Å². The number of carbonyl (C=O) groups is 1. The number of benzene rings is 3. The van der Waals surface area contributed by atoms with E-state index in [0.29, 0.717) is 32.8 Å². The number of methoxy groups -OCH3 is 1. The van der Waals surface area contributed by atoms with Crippen molar-refractivity contribution in [3.8, 4) is 17.2 Å². The Morgan fingerprint density at radius 3 is 2.50 bits per heavy atom. The Morgan fingerprint density at radius 2 is 1.71 bits per heavy atom. The number of carbonyl (C=O) groups excluding carboxylic acids is 1. The summed E-state index contributed by atoms with van der Waals surface area (Å²) < 4.78 is 12.1. The van der Waals surface area contributed by atoms with Crippen LogP contribution in [0.5, 0.6) is 17.2 Å². The van der Waals surface area contributed by atoms with Crippen LogP contribution < -0.4 is 14.8 Å². The van der Waals surface area contributed by atoms with Crippen molar-refractivity contribution in [3.63, 3.8) is 0 Å². The molecule has 1 amide bonds. The molecule has 0 spiro atoms. The second-order valence-corrected chi connectivity index (χ2v) is 7.40. The van der Waals surface area contributed by atoms with Crippen molar-refractivity contribution in [1.82, 2.24) is 0 Å². The van der Waals surface area contributed by atoms with Crippen LogP contribution in [0.1, 0.15) is 9.67 Å². The van der Waals surface area contributed by atoms with E-state index in [1.165, 1.54) is 11.3 Å². The van der Waals surface area contributed by atoms with Crippen LogP contribution in [0.3, 0.4) is 0 Å². The number of amides is 1. The Labute approximate surface area is 171 Å². The van der Waals surface area contributed by atoms with Gasteiger partial charge in [-0.05, 0) is 42.5 Å². The van der Waals surface area contributed by atoms with Gasteiger partial charge in [0.2, 0.25) is 0 Å². The maximum Gasteiger partial charge on any atom is 0.267 e. The average Bonchev–Trinajstić information content (AvgIpc) is 3.06. The quantitative estimate of drug-likeness (QED) is 0.403. The summed E-state index contributed by atoms with van der Waals surface area (Å²) in [6, 6.07) is 22.3. The Balaban J connectivity index is 1.62. The van der Waals surface area contributed by atoms with Crippen LogP contribution in [0.15, 0.2) is 72.8 Å². The van der Waals surface area contributed by atoms with Crippen molar-refractivity contribution < 1.29 is 14.3 Å². The Morgan fingerprint density at radius 1 is 0.964 bits per heavy atom. The first kappa shape index (κ1) is 18.3. The molecule has 0 unspecified atom stereocenters. The smallest absolute Gasteiger partial charge is 0.267 e. The molecule has 0 fully saturated rings. The van der Waals surface area contributed by atoms with E-state index in [0.717, 1.165) is 10.1 Å². The first-order valence-electron chi connectivity index (χ1n) is 8.55. The number of halogens is 1. The van der Waals surface area contributed by atoms with Gasteiger partial charge >= 0.3 is 0 Å². The molecule has 4 rings (SSSR count). The standard InChI is InChI=1S/C22H16ClNO3S/c1-26-15-11-12-19-16(13-15)20(23)21(28-19)22(25)24-17-9-5-6-10-18(17)27-14-7-3-2-4-8-14/h2-13H,1H3,(H,24,25). The minimum Gasteiger partial charge on any atom is -0.497 e. The topological polar surface area (TPSA) is 47.6 Å². The number of anilines is 1. The molecule has 0 aliphatic carbocycles. The van der Waals surface area contributed by atoms with Crippen LogP contribution in [0.4, 0.5) is 5.69 Å². The molecule has 4 aromatic rings. The fraction of sp³-hybridized carbons (Fsp3) is 0.0455. The number of nitrogens with one attached hydrogen (secondary N) is 1. The van der Waals surface area contributed by atoms with Crippen molar-refractivity contribution in [2.45, 2.75) is 0 Å². The van der Waals surface area contributed by atoms with E-state index in [1.54, 1.807) is 19.2 Å². The van der Waals surface area contributed by atoms with Crippen molar-refractivity contribution >= 4 is 44.6 Å². The lowest BCUT2D eigenvalue weighted by Crippen LogP contribution is -2.11. The highest BCUT2D eigenvalue weighted by Gasteiger charge is 2.19. The van der Waals surface area contributed by atoms with E-state index in [2.05, 4.69) is 5.32 Å². The minimum atomic E-state index is -0.283. The van der Waals surface area contributed by atoms with Gasteiger partial charge in [0.25, 0.3) is 5.91 Å². The highest BCUT2D eigenvalue weighted by atomic mass is 35.5. The second-order valence-electron chi connectivity index (χ2n) is 5.97. The SMILES string of the molecule is COc1ccc2sc(C(=O)Nc3ccccc3Oc3ccccc3)c(Cl)c2c1. The number of fused-ring (bicyclic) bond motifs is 1. The van der Waals surface area contributed by atoms with Gasteiger partial charge in [0.05, 0.1) is 17.8 Å². The lowest BCUT2D eigenvalue weighted by atomic mass is 10.2. The molecule has 140 valence electrons. The lowest BCUT2D eigenvalue weighted by Gasteiger charge is -2.11. The lowest BCUT2D eigenvalue weighted by molar-refractivity contribution is 0.103.